The zero-order chi connectivity index (χ0) is 12.3. The average Bonchev–Trinajstić information content (AvgIpc) is 2.91. The molecular weight excluding hydrogens is 220 g/mol. The van der Waals surface area contributed by atoms with Gasteiger partial charge in [0.25, 0.3) is 5.91 Å². The first-order valence-corrected chi connectivity index (χ1v) is 5.80. The van der Waals surface area contributed by atoms with Gasteiger partial charge in [0.2, 0.25) is 5.91 Å². The van der Waals surface area contributed by atoms with E-state index in [-0.39, 0.29) is 17.9 Å². The molecule has 1 saturated heterocycles. The number of carbonyl (C=O) groups excluding carboxylic acids is 2. The monoisotopic (exact) mass is 236 g/mol. The fraction of sp³-hybridized carbons (Fsp3) is 0.500. The van der Waals surface area contributed by atoms with Crippen molar-refractivity contribution in [2.24, 2.45) is 0 Å². The van der Waals surface area contributed by atoms with Crippen molar-refractivity contribution in [3.05, 3.63) is 24.2 Å². The van der Waals surface area contributed by atoms with Crippen molar-refractivity contribution >= 4 is 11.8 Å². The van der Waals surface area contributed by atoms with Gasteiger partial charge in [-0.1, -0.05) is 0 Å². The Balaban J connectivity index is 2.16. The van der Waals surface area contributed by atoms with Gasteiger partial charge in [-0.25, -0.2) is 0 Å². The number of amides is 2. The lowest BCUT2D eigenvalue weighted by molar-refractivity contribution is -0.126. The first-order chi connectivity index (χ1) is 8.24. The van der Waals surface area contributed by atoms with Crippen molar-refractivity contribution in [1.29, 1.82) is 0 Å². The van der Waals surface area contributed by atoms with E-state index in [4.69, 9.17) is 4.42 Å². The molecule has 1 aromatic heterocycles. The summed E-state index contributed by atoms with van der Waals surface area (Å²) in [6.45, 7) is 0.609. The Bertz CT molecular complexity index is 400. The second-order valence-electron chi connectivity index (χ2n) is 4.10. The highest BCUT2D eigenvalue weighted by Crippen LogP contribution is 2.20. The number of likely N-dealkylation sites (tertiary alicyclic amines) is 1. The van der Waals surface area contributed by atoms with Crippen LogP contribution in [0, 0.1) is 0 Å². The molecule has 0 bridgehead atoms. The van der Waals surface area contributed by atoms with Gasteiger partial charge < -0.3 is 14.6 Å². The molecule has 0 saturated carbocycles. The molecule has 0 aromatic carbocycles. The maximum atomic E-state index is 12.1. The summed E-state index contributed by atoms with van der Waals surface area (Å²) in [4.78, 5) is 25.5. The van der Waals surface area contributed by atoms with Crippen LogP contribution in [-0.2, 0) is 4.79 Å². The van der Waals surface area contributed by atoms with Gasteiger partial charge in [0.1, 0.15) is 6.04 Å². The van der Waals surface area contributed by atoms with Crippen LogP contribution in [0.3, 0.4) is 0 Å². The maximum absolute atomic E-state index is 12.1. The van der Waals surface area contributed by atoms with E-state index in [1.165, 1.54) is 6.26 Å². The van der Waals surface area contributed by atoms with E-state index >= 15 is 0 Å². The minimum atomic E-state index is -0.369. The highest BCUT2D eigenvalue weighted by atomic mass is 16.3. The van der Waals surface area contributed by atoms with Gasteiger partial charge in [-0.3, -0.25) is 9.59 Å². The summed E-state index contributed by atoms with van der Waals surface area (Å²) >= 11 is 0. The highest BCUT2D eigenvalue weighted by molar-refractivity contribution is 5.95. The average molecular weight is 236 g/mol. The predicted octanol–water partition coefficient (Wildman–Crippen LogP) is 1.02. The van der Waals surface area contributed by atoms with Gasteiger partial charge in [0.05, 0.1) is 6.26 Å². The number of nitrogens with zero attached hydrogens (tertiary/aromatic N) is 1. The second-order valence-corrected chi connectivity index (χ2v) is 4.10. The van der Waals surface area contributed by atoms with Crippen LogP contribution >= 0.6 is 0 Å². The molecule has 2 amide bonds. The molecular formula is C12H16N2O3. The molecule has 92 valence electrons. The SMILES string of the molecule is CNC(=O)C1CCCCN1C(=O)c1ccco1. The van der Waals surface area contributed by atoms with Crippen molar-refractivity contribution < 1.29 is 14.0 Å². The fourth-order valence-electron chi connectivity index (χ4n) is 2.16. The summed E-state index contributed by atoms with van der Waals surface area (Å²) in [6, 6.07) is 2.93. The van der Waals surface area contributed by atoms with Crippen LogP contribution in [0.25, 0.3) is 0 Å². The van der Waals surface area contributed by atoms with E-state index < -0.39 is 0 Å². The van der Waals surface area contributed by atoms with Crippen LogP contribution in [0.4, 0.5) is 0 Å². The van der Waals surface area contributed by atoms with Crippen LogP contribution < -0.4 is 5.32 Å². The van der Waals surface area contributed by atoms with Crippen LogP contribution in [0.1, 0.15) is 29.8 Å². The zero-order valence-corrected chi connectivity index (χ0v) is 9.81. The Labute approximate surface area is 99.8 Å². The van der Waals surface area contributed by atoms with Crippen molar-refractivity contribution in [3.63, 3.8) is 0 Å². The highest BCUT2D eigenvalue weighted by Gasteiger charge is 2.32. The third-order valence-corrected chi connectivity index (χ3v) is 3.04. The second kappa shape index (κ2) is 5.03. The van der Waals surface area contributed by atoms with Crippen LogP contribution in [0.5, 0.6) is 0 Å². The smallest absolute Gasteiger partial charge is 0.290 e. The summed E-state index contributed by atoms with van der Waals surface area (Å²) in [7, 11) is 1.59. The van der Waals surface area contributed by atoms with E-state index in [9.17, 15) is 9.59 Å². The molecule has 1 unspecified atom stereocenters. The molecule has 1 N–H and O–H groups in total. The molecule has 1 aliphatic heterocycles. The van der Waals surface area contributed by atoms with Gasteiger partial charge in [-0.2, -0.15) is 0 Å². The minimum Gasteiger partial charge on any atom is -0.459 e. The normalized spacial score (nSPS) is 20.1. The van der Waals surface area contributed by atoms with Gasteiger partial charge in [0.15, 0.2) is 5.76 Å². The van der Waals surface area contributed by atoms with E-state index in [1.807, 2.05) is 0 Å². The lowest BCUT2D eigenvalue weighted by Crippen LogP contribution is -2.51. The Hall–Kier alpha value is -1.78. The number of hydrogen-bond acceptors (Lipinski definition) is 3. The lowest BCUT2D eigenvalue weighted by atomic mass is 10.0. The summed E-state index contributed by atoms with van der Waals surface area (Å²) < 4.78 is 5.09. The Morgan fingerprint density at radius 3 is 2.94 bits per heavy atom. The summed E-state index contributed by atoms with van der Waals surface area (Å²) in [6.07, 6.45) is 4.08. The predicted molar refractivity (Wildman–Crippen MR) is 61.5 cm³/mol. The molecule has 1 atom stereocenters. The van der Waals surface area contributed by atoms with Crippen LogP contribution in [0.2, 0.25) is 0 Å². The Morgan fingerprint density at radius 1 is 1.47 bits per heavy atom. The van der Waals surface area contributed by atoms with Crippen molar-refractivity contribution in [2.45, 2.75) is 25.3 Å². The van der Waals surface area contributed by atoms with E-state index in [0.29, 0.717) is 18.7 Å². The summed E-state index contributed by atoms with van der Waals surface area (Å²) in [5.74, 6) is -0.0197. The molecule has 0 spiro atoms. The van der Waals surface area contributed by atoms with Gasteiger partial charge in [-0.05, 0) is 31.4 Å². The third-order valence-electron chi connectivity index (χ3n) is 3.04. The van der Waals surface area contributed by atoms with Crippen molar-refractivity contribution in [1.82, 2.24) is 10.2 Å². The number of likely N-dealkylation sites (N-methyl/N-ethyl adjacent to an activating group) is 1. The lowest BCUT2D eigenvalue weighted by Gasteiger charge is -2.33. The van der Waals surface area contributed by atoms with E-state index in [2.05, 4.69) is 5.32 Å². The number of nitrogens with one attached hydrogen (secondary N) is 1. The van der Waals surface area contributed by atoms with Gasteiger partial charge in [0, 0.05) is 13.6 Å². The number of rotatable bonds is 2. The number of furan rings is 1. The van der Waals surface area contributed by atoms with Crippen molar-refractivity contribution in [3.8, 4) is 0 Å². The quantitative estimate of drug-likeness (QED) is 0.834. The Morgan fingerprint density at radius 2 is 2.29 bits per heavy atom. The molecule has 1 aliphatic rings. The molecule has 2 rings (SSSR count). The summed E-state index contributed by atoms with van der Waals surface area (Å²) in [5.41, 5.74) is 0. The minimum absolute atomic E-state index is 0.107. The summed E-state index contributed by atoms with van der Waals surface area (Å²) in [5, 5.41) is 2.60. The zero-order valence-electron chi connectivity index (χ0n) is 9.81. The van der Waals surface area contributed by atoms with E-state index in [1.54, 1.807) is 24.1 Å². The molecule has 5 nitrogen and oxygen atoms in total. The molecule has 1 aromatic rings. The third kappa shape index (κ3) is 2.33. The largest absolute Gasteiger partial charge is 0.459 e. The van der Waals surface area contributed by atoms with E-state index in [0.717, 1.165) is 12.8 Å². The number of carbonyl (C=O) groups is 2. The van der Waals surface area contributed by atoms with Crippen LogP contribution in [-0.4, -0.2) is 36.3 Å². The molecule has 1 fully saturated rings. The van der Waals surface area contributed by atoms with Gasteiger partial charge >= 0.3 is 0 Å². The first-order valence-electron chi connectivity index (χ1n) is 5.80. The molecule has 0 radical (unpaired) electrons. The van der Waals surface area contributed by atoms with Crippen molar-refractivity contribution in [2.75, 3.05) is 13.6 Å². The standard InChI is InChI=1S/C12H16N2O3/c1-13-11(15)9-5-2-3-7-14(9)12(16)10-6-4-8-17-10/h4,6,8-9H,2-3,5,7H2,1H3,(H,13,15). The fourth-order valence-corrected chi connectivity index (χ4v) is 2.16. The Kier molecular flexibility index (Phi) is 3.46. The number of hydrogen-bond donors (Lipinski definition) is 1. The molecule has 5 heteroatoms. The topological polar surface area (TPSA) is 62.6 Å². The van der Waals surface area contributed by atoms with Crippen LogP contribution in [0.15, 0.2) is 22.8 Å². The molecule has 0 aliphatic carbocycles. The number of piperidine rings is 1. The molecule has 2 heterocycles. The van der Waals surface area contributed by atoms with Gasteiger partial charge in [-0.15, -0.1) is 0 Å². The first kappa shape index (κ1) is 11.7. The molecule has 17 heavy (non-hydrogen) atoms. The maximum Gasteiger partial charge on any atom is 0.290 e.